The van der Waals surface area contributed by atoms with Crippen LogP contribution in [0.2, 0.25) is 0 Å². The Labute approximate surface area is 229 Å². The van der Waals surface area contributed by atoms with Crippen molar-refractivity contribution < 1.29 is 28.5 Å². The smallest absolute Gasteiger partial charge is 0.259 e. The van der Waals surface area contributed by atoms with Gasteiger partial charge in [-0.3, -0.25) is 28.8 Å². The van der Waals surface area contributed by atoms with Crippen LogP contribution in [-0.2, 0) is 20.4 Å². The van der Waals surface area contributed by atoms with Gasteiger partial charge in [0.2, 0.25) is 5.91 Å². The molecule has 2 unspecified atom stereocenters. The topological polar surface area (TPSA) is 147 Å². The molecule has 204 valence electrons. The van der Waals surface area contributed by atoms with Gasteiger partial charge in [0.1, 0.15) is 17.6 Å². The van der Waals surface area contributed by atoms with Crippen LogP contribution in [-0.4, -0.2) is 57.1 Å². The lowest BCUT2D eigenvalue weighted by molar-refractivity contribution is -0.128. The number of fused-ring (bicyclic) bond motifs is 1. The Morgan fingerprint density at radius 1 is 1.08 bits per heavy atom. The molecular weight excluding hydrogens is 520 g/mol. The fraction of sp³-hybridized carbons (Fsp3) is 0.286. The average Bonchev–Trinajstić information content (AvgIpc) is 2.97. The first-order valence-corrected chi connectivity index (χ1v) is 13.5. The average molecular weight is 551 g/mol. The second-order valence-corrected chi connectivity index (χ2v) is 10.0. The van der Waals surface area contributed by atoms with Crippen LogP contribution in [0.15, 0.2) is 65.7 Å². The molecule has 2 atom stereocenters. The monoisotopic (exact) mass is 550 g/mol. The number of rotatable bonds is 13. The first-order chi connectivity index (χ1) is 18.9. The van der Waals surface area contributed by atoms with Crippen LogP contribution in [0.4, 0.5) is 0 Å². The molecule has 0 aliphatic heterocycles. The molecule has 0 aliphatic carbocycles. The fourth-order valence-electron chi connectivity index (χ4n) is 3.64. The molecule has 0 radical (unpaired) electrons. The van der Waals surface area contributed by atoms with Crippen molar-refractivity contribution in [2.45, 2.75) is 36.3 Å². The number of ether oxygens (including phenoxy) is 1. The lowest BCUT2D eigenvalue weighted by Gasteiger charge is -2.15. The number of benzene rings is 2. The molecule has 1 heterocycles. The van der Waals surface area contributed by atoms with E-state index in [9.17, 15) is 18.6 Å². The number of pyridine rings is 1. The Hall–Kier alpha value is -4.27. The zero-order chi connectivity index (χ0) is 28.0. The molecule has 10 nitrogen and oxygen atoms in total. The molecule has 3 aromatic rings. The van der Waals surface area contributed by atoms with Crippen molar-refractivity contribution in [2.24, 2.45) is 0 Å². The van der Waals surface area contributed by atoms with E-state index in [1.54, 1.807) is 42.7 Å². The highest BCUT2D eigenvalue weighted by Crippen LogP contribution is 2.20. The molecular formula is C28H30N4O6S. The Kier molecular flexibility index (Phi) is 11.4. The first kappa shape index (κ1) is 29.3. The van der Waals surface area contributed by atoms with E-state index in [-0.39, 0.29) is 25.5 Å². The molecule has 0 saturated carbocycles. The van der Waals surface area contributed by atoms with Crippen molar-refractivity contribution in [3.05, 3.63) is 66.4 Å². The van der Waals surface area contributed by atoms with E-state index < -0.39 is 27.9 Å². The number of hydrogen-bond acceptors (Lipinski definition) is 7. The van der Waals surface area contributed by atoms with Crippen LogP contribution in [0.25, 0.3) is 10.9 Å². The van der Waals surface area contributed by atoms with E-state index in [4.69, 9.17) is 9.94 Å². The number of hydrogen-bond donors (Lipinski definition) is 4. The summed E-state index contributed by atoms with van der Waals surface area (Å²) in [7, 11) is -1.71. The van der Waals surface area contributed by atoms with Gasteiger partial charge in [0.15, 0.2) is 0 Å². The second-order valence-electron chi connectivity index (χ2n) is 8.39. The third-order valence-electron chi connectivity index (χ3n) is 5.68. The Morgan fingerprint density at radius 2 is 1.85 bits per heavy atom. The van der Waals surface area contributed by atoms with E-state index in [0.717, 1.165) is 10.9 Å². The van der Waals surface area contributed by atoms with Crippen molar-refractivity contribution in [1.29, 1.82) is 0 Å². The fourth-order valence-corrected chi connectivity index (χ4v) is 5.00. The maximum atomic E-state index is 13.0. The highest BCUT2D eigenvalue weighted by molar-refractivity contribution is 7.86. The van der Waals surface area contributed by atoms with Crippen LogP contribution < -0.4 is 20.9 Å². The summed E-state index contributed by atoms with van der Waals surface area (Å²) in [6.07, 6.45) is 2.66. The summed E-state index contributed by atoms with van der Waals surface area (Å²) in [6.45, 7) is 2.05. The van der Waals surface area contributed by atoms with Crippen molar-refractivity contribution in [3.63, 3.8) is 0 Å². The van der Waals surface area contributed by atoms with Crippen LogP contribution in [0.1, 0.15) is 36.5 Å². The minimum Gasteiger partial charge on any atom is -0.481 e. The van der Waals surface area contributed by atoms with Gasteiger partial charge in [-0.1, -0.05) is 24.1 Å². The summed E-state index contributed by atoms with van der Waals surface area (Å²) in [5.41, 5.74) is 2.72. The largest absolute Gasteiger partial charge is 0.481 e. The molecule has 11 heteroatoms. The molecule has 3 rings (SSSR count). The zero-order valence-electron chi connectivity index (χ0n) is 21.4. The normalized spacial score (nSPS) is 11.9. The molecule has 39 heavy (non-hydrogen) atoms. The van der Waals surface area contributed by atoms with Crippen molar-refractivity contribution in [2.75, 3.05) is 19.7 Å². The van der Waals surface area contributed by atoms with E-state index in [1.165, 1.54) is 6.20 Å². The first-order valence-electron chi connectivity index (χ1n) is 12.3. The number of carbonyl (C=O) groups excluding carboxylic acids is 3. The lowest BCUT2D eigenvalue weighted by atomic mass is 10.1. The number of nitrogens with one attached hydrogen (secondary N) is 3. The van der Waals surface area contributed by atoms with Gasteiger partial charge in [0.25, 0.3) is 11.8 Å². The number of carbonyl (C=O) groups is 3. The molecule has 0 fully saturated rings. The molecule has 2 aromatic carbocycles. The van der Waals surface area contributed by atoms with Gasteiger partial charge in [-0.05, 0) is 62.6 Å². The Morgan fingerprint density at radius 3 is 2.59 bits per heavy atom. The summed E-state index contributed by atoms with van der Waals surface area (Å²) in [6, 6.07) is 15.6. The van der Waals surface area contributed by atoms with E-state index in [0.29, 0.717) is 35.6 Å². The Bertz CT molecular complexity index is 1380. The van der Waals surface area contributed by atoms with E-state index in [1.807, 2.05) is 24.3 Å². The lowest BCUT2D eigenvalue weighted by Crippen LogP contribution is -2.37. The van der Waals surface area contributed by atoms with Crippen molar-refractivity contribution in [1.82, 2.24) is 21.1 Å². The summed E-state index contributed by atoms with van der Waals surface area (Å²) in [5.74, 6) is 4.54. The zero-order valence-corrected chi connectivity index (χ0v) is 22.3. The molecule has 4 N–H and O–H groups in total. The SMILES string of the molecule is CC#CCOc1ccc(S(=O)C(CCCCNC(=O)CNC(=O)c2cnc3ccccc3c2)C(=O)NO)cc1. The van der Waals surface area contributed by atoms with Crippen LogP contribution >= 0.6 is 0 Å². The van der Waals surface area contributed by atoms with Crippen LogP contribution in [0, 0.1) is 11.8 Å². The standard InChI is InChI=1S/C28H30N4O6S/c1-2-3-16-38-22-11-13-23(14-12-22)39(37)25(28(35)32-36)10-6-7-15-29-26(33)19-31-27(34)21-17-20-8-4-5-9-24(20)30-18-21/h4-5,8-9,11-14,17-18,25,36H,6-7,10,15-16,19H2,1H3,(H,29,33)(H,31,34)(H,32,35). The molecule has 0 aliphatic rings. The maximum Gasteiger partial charge on any atom is 0.259 e. The summed E-state index contributed by atoms with van der Waals surface area (Å²) >= 11 is 0. The van der Waals surface area contributed by atoms with E-state index >= 15 is 0 Å². The molecule has 0 bridgehead atoms. The molecule has 0 saturated heterocycles. The van der Waals surface area contributed by atoms with Gasteiger partial charge in [-0.25, -0.2) is 5.48 Å². The summed E-state index contributed by atoms with van der Waals surface area (Å²) in [5, 5.41) is 14.2. The third-order valence-corrected chi connectivity index (χ3v) is 7.39. The van der Waals surface area contributed by atoms with Gasteiger partial charge in [-0.2, -0.15) is 0 Å². The number of para-hydroxylation sites is 1. The summed E-state index contributed by atoms with van der Waals surface area (Å²) < 4.78 is 18.4. The van der Waals surface area contributed by atoms with Crippen molar-refractivity contribution in [3.8, 4) is 17.6 Å². The minimum absolute atomic E-state index is 0.198. The molecule has 0 spiro atoms. The van der Waals surface area contributed by atoms with Crippen LogP contribution in [0.3, 0.4) is 0 Å². The van der Waals surface area contributed by atoms with Gasteiger partial charge in [0, 0.05) is 23.0 Å². The van der Waals surface area contributed by atoms with Gasteiger partial charge < -0.3 is 15.4 Å². The van der Waals surface area contributed by atoms with Gasteiger partial charge >= 0.3 is 0 Å². The summed E-state index contributed by atoms with van der Waals surface area (Å²) in [4.78, 5) is 41.3. The molecule has 1 aromatic heterocycles. The van der Waals surface area contributed by atoms with Gasteiger partial charge in [0.05, 0.1) is 28.4 Å². The second kappa shape index (κ2) is 15.2. The Balaban J connectivity index is 1.41. The maximum absolute atomic E-state index is 13.0. The highest BCUT2D eigenvalue weighted by Gasteiger charge is 2.26. The van der Waals surface area contributed by atoms with E-state index in [2.05, 4.69) is 27.5 Å². The molecule has 3 amide bonds. The predicted octanol–water partition coefficient (Wildman–Crippen LogP) is 2.33. The highest BCUT2D eigenvalue weighted by atomic mass is 32.2. The minimum atomic E-state index is -1.71. The van der Waals surface area contributed by atoms with Crippen LogP contribution in [0.5, 0.6) is 5.75 Å². The number of nitrogens with zero attached hydrogens (tertiary/aromatic N) is 1. The van der Waals surface area contributed by atoms with Gasteiger partial charge in [-0.15, -0.1) is 5.92 Å². The number of aromatic nitrogens is 1. The van der Waals surface area contributed by atoms with Crippen molar-refractivity contribution >= 4 is 39.4 Å². The quantitative estimate of drug-likeness (QED) is 0.111. The number of hydroxylamine groups is 1. The predicted molar refractivity (Wildman–Crippen MR) is 146 cm³/mol. The number of unbranched alkanes of at least 4 members (excludes halogenated alkanes) is 1. The number of amides is 3. The third kappa shape index (κ3) is 8.91.